The Labute approximate surface area is 200 Å². The van der Waals surface area contributed by atoms with Crippen molar-refractivity contribution in [2.24, 2.45) is 5.16 Å². The van der Waals surface area contributed by atoms with Crippen LogP contribution in [0.3, 0.4) is 0 Å². The van der Waals surface area contributed by atoms with Gasteiger partial charge in [-0.2, -0.15) is 0 Å². The van der Waals surface area contributed by atoms with Crippen molar-refractivity contribution in [1.29, 1.82) is 0 Å². The van der Waals surface area contributed by atoms with E-state index >= 15 is 0 Å². The van der Waals surface area contributed by atoms with Crippen molar-refractivity contribution in [1.82, 2.24) is 0 Å². The quantitative estimate of drug-likeness (QED) is 0.0926. The molecule has 0 aliphatic heterocycles. The number of carbonyl (C=O) groups excluding carboxylic acids is 2. The third-order valence-corrected chi connectivity index (χ3v) is 6.01. The Morgan fingerprint density at radius 3 is 2.18 bits per heavy atom. The average molecular weight is 478 g/mol. The van der Waals surface area contributed by atoms with E-state index in [2.05, 4.69) is 5.16 Å². The van der Waals surface area contributed by atoms with Crippen molar-refractivity contribution >= 4 is 51.8 Å². The number of hydrogen-bond acceptors (Lipinski definition) is 6. The average Bonchev–Trinajstić information content (AvgIpc) is 3.27. The molecule has 0 spiro atoms. The molecule has 0 unspecified atom stereocenters. The summed E-state index contributed by atoms with van der Waals surface area (Å²) >= 11 is 7.41. The SMILES string of the molecule is CC(=O)ON=C(CCCl)c1ccc(Sc2ccc(C(=O)c3cc4ccccc4o3)cc2)cc1. The molecular weight excluding hydrogens is 458 g/mol. The highest BCUT2D eigenvalue weighted by molar-refractivity contribution is 7.99. The molecule has 0 aliphatic carbocycles. The maximum Gasteiger partial charge on any atom is 0.331 e. The van der Waals surface area contributed by atoms with E-state index in [4.69, 9.17) is 20.9 Å². The molecule has 4 aromatic rings. The van der Waals surface area contributed by atoms with Crippen LogP contribution in [-0.2, 0) is 9.63 Å². The molecule has 0 atom stereocenters. The lowest BCUT2D eigenvalue weighted by Crippen LogP contribution is -2.04. The molecule has 7 heteroatoms. The lowest BCUT2D eigenvalue weighted by Gasteiger charge is -2.07. The van der Waals surface area contributed by atoms with E-state index in [-0.39, 0.29) is 5.78 Å². The van der Waals surface area contributed by atoms with Gasteiger partial charge in [-0.05, 0) is 54.1 Å². The molecule has 4 rings (SSSR count). The van der Waals surface area contributed by atoms with Gasteiger partial charge < -0.3 is 9.25 Å². The normalized spacial score (nSPS) is 11.5. The van der Waals surface area contributed by atoms with E-state index in [1.54, 1.807) is 30.0 Å². The zero-order valence-corrected chi connectivity index (χ0v) is 19.4. The van der Waals surface area contributed by atoms with Crippen LogP contribution in [0.5, 0.6) is 0 Å². The van der Waals surface area contributed by atoms with Crippen molar-refractivity contribution in [2.45, 2.75) is 23.1 Å². The van der Waals surface area contributed by atoms with Gasteiger partial charge in [0.1, 0.15) is 5.58 Å². The molecule has 0 N–H and O–H groups in total. The fourth-order valence-corrected chi connectivity index (χ4v) is 4.21. The smallest absolute Gasteiger partial charge is 0.331 e. The summed E-state index contributed by atoms with van der Waals surface area (Å²) in [5.74, 6) is 0.0771. The van der Waals surface area contributed by atoms with E-state index in [9.17, 15) is 9.59 Å². The van der Waals surface area contributed by atoms with Crippen LogP contribution in [0.25, 0.3) is 11.0 Å². The third kappa shape index (κ3) is 5.72. The van der Waals surface area contributed by atoms with Crippen LogP contribution in [-0.4, -0.2) is 23.3 Å². The van der Waals surface area contributed by atoms with Crippen molar-refractivity contribution in [3.8, 4) is 0 Å². The Morgan fingerprint density at radius 1 is 0.939 bits per heavy atom. The molecule has 0 amide bonds. The van der Waals surface area contributed by atoms with Gasteiger partial charge in [-0.25, -0.2) is 4.79 Å². The minimum Gasteiger partial charge on any atom is -0.453 e. The number of nitrogens with zero attached hydrogens (tertiary/aromatic N) is 1. The van der Waals surface area contributed by atoms with Gasteiger partial charge in [0, 0.05) is 40.0 Å². The first-order valence-corrected chi connectivity index (χ1v) is 11.6. The van der Waals surface area contributed by atoms with Gasteiger partial charge >= 0.3 is 5.97 Å². The largest absolute Gasteiger partial charge is 0.453 e. The van der Waals surface area contributed by atoms with Crippen LogP contribution in [0.1, 0.15) is 35.0 Å². The molecule has 33 heavy (non-hydrogen) atoms. The predicted molar refractivity (Wildman–Crippen MR) is 130 cm³/mol. The maximum absolute atomic E-state index is 12.8. The van der Waals surface area contributed by atoms with Gasteiger partial charge in [0.15, 0.2) is 5.76 Å². The topological polar surface area (TPSA) is 68.9 Å². The second-order valence-electron chi connectivity index (χ2n) is 7.19. The first kappa shape index (κ1) is 22.8. The molecule has 0 saturated carbocycles. The maximum atomic E-state index is 12.8. The highest BCUT2D eigenvalue weighted by atomic mass is 35.5. The van der Waals surface area contributed by atoms with Crippen molar-refractivity contribution in [3.05, 3.63) is 95.7 Å². The minimum absolute atomic E-state index is 0.147. The van der Waals surface area contributed by atoms with Gasteiger partial charge in [-0.15, -0.1) is 11.6 Å². The molecule has 0 bridgehead atoms. The molecule has 5 nitrogen and oxygen atoms in total. The standard InChI is InChI=1S/C26H20ClNO4S/c1-17(29)32-28-23(14-15-27)18-6-10-21(11-7-18)33-22-12-8-19(9-13-22)26(30)25-16-20-4-2-3-5-24(20)31-25/h2-13,16H,14-15H2,1H3. The van der Waals surface area contributed by atoms with Crippen LogP contribution in [0.4, 0.5) is 0 Å². The van der Waals surface area contributed by atoms with Crippen molar-refractivity contribution in [3.63, 3.8) is 0 Å². The first-order valence-electron chi connectivity index (χ1n) is 10.3. The lowest BCUT2D eigenvalue weighted by molar-refractivity contribution is -0.140. The number of oxime groups is 1. The highest BCUT2D eigenvalue weighted by Gasteiger charge is 2.14. The zero-order valence-electron chi connectivity index (χ0n) is 17.8. The number of para-hydroxylation sites is 1. The van der Waals surface area contributed by atoms with Gasteiger partial charge in [-0.1, -0.05) is 47.2 Å². The number of furan rings is 1. The molecule has 1 heterocycles. The molecule has 166 valence electrons. The van der Waals surface area contributed by atoms with Crippen LogP contribution >= 0.6 is 23.4 Å². The summed E-state index contributed by atoms with van der Waals surface area (Å²) in [5.41, 5.74) is 2.72. The van der Waals surface area contributed by atoms with Gasteiger partial charge in [0.25, 0.3) is 0 Å². The van der Waals surface area contributed by atoms with E-state index in [1.165, 1.54) is 6.92 Å². The Morgan fingerprint density at radius 2 is 1.58 bits per heavy atom. The summed E-state index contributed by atoms with van der Waals surface area (Å²) in [6, 6.07) is 24.5. The highest BCUT2D eigenvalue weighted by Crippen LogP contribution is 2.29. The number of benzene rings is 3. The van der Waals surface area contributed by atoms with Gasteiger partial charge in [-0.3, -0.25) is 4.79 Å². The van der Waals surface area contributed by atoms with Crippen molar-refractivity contribution < 1.29 is 18.8 Å². The van der Waals surface area contributed by atoms with E-state index < -0.39 is 5.97 Å². The first-order chi connectivity index (χ1) is 16.0. The van der Waals surface area contributed by atoms with Gasteiger partial charge in [0.2, 0.25) is 5.78 Å². The number of hydrogen-bond donors (Lipinski definition) is 0. The molecule has 0 radical (unpaired) electrons. The fourth-order valence-electron chi connectivity index (χ4n) is 3.21. The fraction of sp³-hybridized carbons (Fsp3) is 0.115. The summed E-state index contributed by atoms with van der Waals surface area (Å²) in [6.07, 6.45) is 0.488. The lowest BCUT2D eigenvalue weighted by atomic mass is 10.1. The van der Waals surface area contributed by atoms with E-state index in [0.29, 0.717) is 34.9 Å². The molecular formula is C26H20ClNO4S. The molecule has 0 saturated heterocycles. The summed E-state index contributed by atoms with van der Waals surface area (Å²) in [6.45, 7) is 1.30. The van der Waals surface area contributed by atoms with Crippen LogP contribution < -0.4 is 0 Å². The second kappa shape index (κ2) is 10.5. The zero-order chi connectivity index (χ0) is 23.2. The summed E-state index contributed by atoms with van der Waals surface area (Å²) < 4.78 is 5.69. The Hall–Kier alpha value is -3.35. The van der Waals surface area contributed by atoms with E-state index in [0.717, 1.165) is 20.7 Å². The van der Waals surface area contributed by atoms with E-state index in [1.807, 2.05) is 60.7 Å². The van der Waals surface area contributed by atoms with Crippen LogP contribution in [0, 0.1) is 0 Å². The third-order valence-electron chi connectivity index (χ3n) is 4.80. The van der Waals surface area contributed by atoms with Gasteiger partial charge in [0.05, 0.1) is 5.71 Å². The summed E-state index contributed by atoms with van der Waals surface area (Å²) in [4.78, 5) is 30.6. The summed E-state index contributed by atoms with van der Waals surface area (Å²) in [5, 5.41) is 4.80. The van der Waals surface area contributed by atoms with Crippen molar-refractivity contribution in [2.75, 3.05) is 5.88 Å². The second-order valence-corrected chi connectivity index (χ2v) is 8.71. The molecule has 1 aromatic heterocycles. The molecule has 0 aliphatic rings. The van der Waals surface area contributed by atoms with Crippen LogP contribution in [0.15, 0.2) is 98.2 Å². The number of halogens is 1. The summed E-state index contributed by atoms with van der Waals surface area (Å²) in [7, 11) is 0. The molecule has 3 aromatic carbocycles. The Bertz CT molecular complexity index is 1280. The number of alkyl halides is 1. The predicted octanol–water partition coefficient (Wildman–Crippen LogP) is 6.71. The molecule has 0 fully saturated rings. The number of carbonyl (C=O) groups is 2. The number of rotatable bonds is 8. The Kier molecular flexibility index (Phi) is 7.27. The number of fused-ring (bicyclic) bond motifs is 1. The minimum atomic E-state index is -0.475. The Balaban J connectivity index is 1.44. The number of ketones is 1. The monoisotopic (exact) mass is 477 g/mol. The van der Waals surface area contributed by atoms with Crippen LogP contribution in [0.2, 0.25) is 0 Å².